The quantitative estimate of drug-likeness (QED) is 0.711. The lowest BCUT2D eigenvalue weighted by Gasteiger charge is -2.39. The maximum atomic E-state index is 13.1. The maximum Gasteiger partial charge on any atom is 0.272 e. The van der Waals surface area contributed by atoms with Crippen LogP contribution in [-0.4, -0.2) is 88.9 Å². The highest BCUT2D eigenvalue weighted by atomic mass is 16.5. The molecule has 8 heteroatoms. The van der Waals surface area contributed by atoms with Gasteiger partial charge in [0, 0.05) is 64.2 Å². The Bertz CT molecular complexity index is 930. The molecule has 2 amide bonds. The maximum absolute atomic E-state index is 13.1. The number of benzene rings is 1. The minimum atomic E-state index is -0.120. The SMILES string of the molecule is Cc1nccc(C(=O)N2CC[C@H](Oc3ccccc3)[C@@H](CC(=O)N3CCN(C)CC3)C2)n1. The molecule has 32 heavy (non-hydrogen) atoms. The normalized spacial score (nSPS) is 21.9. The molecule has 0 saturated carbocycles. The van der Waals surface area contributed by atoms with E-state index in [0.717, 1.165) is 31.9 Å². The molecule has 2 fully saturated rings. The molecule has 1 aromatic carbocycles. The van der Waals surface area contributed by atoms with Gasteiger partial charge in [-0.05, 0) is 32.2 Å². The summed E-state index contributed by atoms with van der Waals surface area (Å²) in [6, 6.07) is 11.3. The van der Waals surface area contributed by atoms with E-state index in [1.54, 1.807) is 24.1 Å². The van der Waals surface area contributed by atoms with Crippen LogP contribution in [0.4, 0.5) is 0 Å². The number of rotatable bonds is 5. The first kappa shape index (κ1) is 22.2. The van der Waals surface area contributed by atoms with Gasteiger partial charge < -0.3 is 19.4 Å². The van der Waals surface area contributed by atoms with Crippen molar-refractivity contribution in [2.24, 2.45) is 5.92 Å². The monoisotopic (exact) mass is 437 g/mol. The Morgan fingerprint density at radius 2 is 1.78 bits per heavy atom. The van der Waals surface area contributed by atoms with E-state index in [4.69, 9.17) is 4.74 Å². The van der Waals surface area contributed by atoms with E-state index < -0.39 is 0 Å². The van der Waals surface area contributed by atoms with Crippen LogP contribution in [0.15, 0.2) is 42.6 Å². The molecule has 170 valence electrons. The van der Waals surface area contributed by atoms with Crippen molar-refractivity contribution in [3.8, 4) is 5.75 Å². The average Bonchev–Trinajstić information content (AvgIpc) is 2.81. The molecule has 0 bridgehead atoms. The van der Waals surface area contributed by atoms with Gasteiger partial charge in [-0.3, -0.25) is 9.59 Å². The van der Waals surface area contributed by atoms with E-state index in [0.29, 0.717) is 37.4 Å². The third-order valence-corrected chi connectivity index (χ3v) is 6.27. The van der Waals surface area contributed by atoms with E-state index in [1.165, 1.54) is 0 Å². The Morgan fingerprint density at radius 1 is 1.03 bits per heavy atom. The van der Waals surface area contributed by atoms with Crippen molar-refractivity contribution in [2.75, 3.05) is 46.3 Å². The summed E-state index contributed by atoms with van der Waals surface area (Å²) in [6.45, 7) is 6.08. The molecule has 1 aromatic heterocycles. The van der Waals surface area contributed by atoms with E-state index in [2.05, 4.69) is 21.9 Å². The molecule has 0 radical (unpaired) electrons. The van der Waals surface area contributed by atoms with Crippen LogP contribution >= 0.6 is 0 Å². The first-order valence-corrected chi connectivity index (χ1v) is 11.3. The average molecular weight is 438 g/mol. The zero-order valence-corrected chi connectivity index (χ0v) is 18.8. The third kappa shape index (κ3) is 5.43. The number of para-hydroxylation sites is 1. The predicted molar refractivity (Wildman–Crippen MR) is 120 cm³/mol. The van der Waals surface area contributed by atoms with Gasteiger partial charge in [-0.2, -0.15) is 0 Å². The second-order valence-corrected chi connectivity index (χ2v) is 8.65. The lowest BCUT2D eigenvalue weighted by atomic mass is 9.90. The van der Waals surface area contributed by atoms with Crippen molar-refractivity contribution in [3.05, 3.63) is 54.1 Å². The number of aromatic nitrogens is 2. The van der Waals surface area contributed by atoms with Crippen LogP contribution in [0.1, 0.15) is 29.2 Å². The number of nitrogens with zero attached hydrogens (tertiary/aromatic N) is 5. The van der Waals surface area contributed by atoms with Crippen molar-refractivity contribution < 1.29 is 14.3 Å². The predicted octanol–water partition coefficient (Wildman–Crippen LogP) is 1.86. The second kappa shape index (κ2) is 10.1. The van der Waals surface area contributed by atoms with E-state index in [9.17, 15) is 9.59 Å². The zero-order valence-electron chi connectivity index (χ0n) is 18.8. The molecule has 2 atom stereocenters. The Hall–Kier alpha value is -3.00. The number of aryl methyl sites for hydroxylation is 1. The summed E-state index contributed by atoms with van der Waals surface area (Å²) in [5, 5.41) is 0. The largest absolute Gasteiger partial charge is 0.490 e. The van der Waals surface area contributed by atoms with Gasteiger partial charge in [0.05, 0.1) is 0 Å². The Balaban J connectivity index is 1.47. The molecule has 4 rings (SSSR count). The number of hydrogen-bond donors (Lipinski definition) is 0. The van der Waals surface area contributed by atoms with Crippen molar-refractivity contribution in [3.63, 3.8) is 0 Å². The fourth-order valence-electron chi connectivity index (χ4n) is 4.37. The fraction of sp³-hybridized carbons (Fsp3) is 0.500. The lowest BCUT2D eigenvalue weighted by Crippen LogP contribution is -2.51. The lowest BCUT2D eigenvalue weighted by molar-refractivity contribution is -0.135. The minimum Gasteiger partial charge on any atom is -0.490 e. The van der Waals surface area contributed by atoms with Crippen LogP contribution in [0.2, 0.25) is 0 Å². The molecule has 2 aromatic rings. The number of amides is 2. The number of likely N-dealkylation sites (N-methyl/N-ethyl adjacent to an activating group) is 1. The highest BCUT2D eigenvalue weighted by molar-refractivity contribution is 5.92. The molecular formula is C24H31N5O3. The molecule has 8 nitrogen and oxygen atoms in total. The summed E-state index contributed by atoms with van der Waals surface area (Å²) in [7, 11) is 2.07. The second-order valence-electron chi connectivity index (χ2n) is 8.65. The number of likely N-dealkylation sites (tertiary alicyclic amines) is 1. The summed E-state index contributed by atoms with van der Waals surface area (Å²) < 4.78 is 6.28. The van der Waals surface area contributed by atoms with Crippen molar-refractivity contribution in [2.45, 2.75) is 25.9 Å². The van der Waals surface area contributed by atoms with Crippen LogP contribution < -0.4 is 4.74 Å². The van der Waals surface area contributed by atoms with Gasteiger partial charge in [-0.15, -0.1) is 0 Å². The van der Waals surface area contributed by atoms with Crippen molar-refractivity contribution in [1.29, 1.82) is 0 Å². The molecule has 0 unspecified atom stereocenters. The van der Waals surface area contributed by atoms with Gasteiger partial charge in [0.25, 0.3) is 5.91 Å². The number of carbonyl (C=O) groups is 2. The van der Waals surface area contributed by atoms with Crippen molar-refractivity contribution in [1.82, 2.24) is 24.7 Å². The van der Waals surface area contributed by atoms with E-state index >= 15 is 0 Å². The highest BCUT2D eigenvalue weighted by Crippen LogP contribution is 2.27. The molecule has 2 aliphatic heterocycles. The van der Waals surface area contributed by atoms with Crippen LogP contribution in [0, 0.1) is 12.8 Å². The van der Waals surface area contributed by atoms with Crippen LogP contribution in [0.25, 0.3) is 0 Å². The van der Waals surface area contributed by atoms with E-state index in [-0.39, 0.29) is 23.8 Å². The van der Waals surface area contributed by atoms with Crippen LogP contribution in [0.5, 0.6) is 5.75 Å². The number of hydrogen-bond acceptors (Lipinski definition) is 6. The Kier molecular flexibility index (Phi) is 6.99. The molecule has 2 aliphatic rings. The topological polar surface area (TPSA) is 78.9 Å². The van der Waals surface area contributed by atoms with Gasteiger partial charge >= 0.3 is 0 Å². The molecule has 2 saturated heterocycles. The number of piperidine rings is 1. The Morgan fingerprint density at radius 3 is 2.50 bits per heavy atom. The van der Waals surface area contributed by atoms with Crippen LogP contribution in [-0.2, 0) is 4.79 Å². The van der Waals surface area contributed by atoms with Gasteiger partial charge in [0.2, 0.25) is 5.91 Å². The number of ether oxygens (including phenoxy) is 1. The minimum absolute atomic E-state index is 0.0806. The molecular weight excluding hydrogens is 406 g/mol. The van der Waals surface area contributed by atoms with Crippen LogP contribution in [0.3, 0.4) is 0 Å². The summed E-state index contributed by atoms with van der Waals surface area (Å²) in [6.07, 6.45) is 2.53. The van der Waals surface area contributed by atoms with Gasteiger partial charge in [-0.1, -0.05) is 18.2 Å². The number of piperazine rings is 1. The standard InChI is InChI=1S/C24H31N5O3/c1-18-25-10-8-21(26-18)24(31)29-11-9-22(32-20-6-4-3-5-7-20)19(17-29)16-23(30)28-14-12-27(2)13-15-28/h3-8,10,19,22H,9,11-17H2,1-2H3/t19-,22-/m0/s1. The fourth-order valence-corrected chi connectivity index (χ4v) is 4.37. The molecule has 0 N–H and O–H groups in total. The van der Waals surface area contributed by atoms with Crippen molar-refractivity contribution >= 4 is 11.8 Å². The molecule has 0 aliphatic carbocycles. The van der Waals surface area contributed by atoms with E-state index in [1.807, 2.05) is 35.2 Å². The first-order valence-electron chi connectivity index (χ1n) is 11.3. The summed E-state index contributed by atoms with van der Waals surface area (Å²) >= 11 is 0. The summed E-state index contributed by atoms with van der Waals surface area (Å²) in [5.41, 5.74) is 0.393. The molecule has 0 spiro atoms. The smallest absolute Gasteiger partial charge is 0.272 e. The van der Waals surface area contributed by atoms with Gasteiger partial charge in [-0.25, -0.2) is 9.97 Å². The molecule has 3 heterocycles. The Labute approximate surface area is 189 Å². The number of carbonyl (C=O) groups excluding carboxylic acids is 2. The van der Waals surface area contributed by atoms with Gasteiger partial charge in [0.15, 0.2) is 0 Å². The zero-order chi connectivity index (χ0) is 22.5. The van der Waals surface area contributed by atoms with Gasteiger partial charge in [0.1, 0.15) is 23.4 Å². The third-order valence-electron chi connectivity index (χ3n) is 6.27. The first-order chi connectivity index (χ1) is 15.5. The summed E-state index contributed by atoms with van der Waals surface area (Å²) in [4.78, 5) is 40.5. The summed E-state index contributed by atoms with van der Waals surface area (Å²) in [5.74, 6) is 1.30. The highest BCUT2D eigenvalue weighted by Gasteiger charge is 2.36.